The van der Waals surface area contributed by atoms with E-state index in [0.717, 1.165) is 4.57 Å². The maximum atomic E-state index is 11.8. The Kier molecular flexibility index (Phi) is 4.02. The molecule has 0 amide bonds. The summed E-state index contributed by atoms with van der Waals surface area (Å²) in [6.07, 6.45) is 2.72. The summed E-state index contributed by atoms with van der Waals surface area (Å²) >= 11 is 0. The van der Waals surface area contributed by atoms with E-state index in [4.69, 9.17) is 16.9 Å². The van der Waals surface area contributed by atoms with Crippen LogP contribution < -0.4 is 11.4 Å². The van der Waals surface area contributed by atoms with Crippen molar-refractivity contribution in [1.29, 1.82) is 0 Å². The second kappa shape index (κ2) is 5.46. The van der Waals surface area contributed by atoms with E-state index in [1.54, 1.807) is 0 Å². The summed E-state index contributed by atoms with van der Waals surface area (Å²) in [6.45, 7) is 0.953. The molecule has 0 saturated carbocycles. The average molecular weight is 295 g/mol. The molecule has 1 aromatic heterocycles. The summed E-state index contributed by atoms with van der Waals surface area (Å²) in [5, 5.41) is 30.3. The first-order valence-corrected chi connectivity index (χ1v) is 6.33. The minimum atomic E-state index is -1.88. The number of ether oxygens (including phenoxy) is 1. The normalized spacial score (nSPS) is 33.6. The third-order valence-corrected chi connectivity index (χ3v) is 3.80. The number of nitrogen functional groups attached to an aromatic ring is 1. The fourth-order valence-corrected chi connectivity index (χ4v) is 2.47. The number of aliphatic hydroxyl groups excluding tert-OH is 2. The Labute approximate surface area is 120 Å². The Hall–Kier alpha value is -1.92. The first-order chi connectivity index (χ1) is 9.86. The van der Waals surface area contributed by atoms with E-state index < -0.39 is 42.3 Å². The lowest BCUT2D eigenvalue weighted by Gasteiger charge is -2.33. The molecule has 1 unspecified atom stereocenters. The number of rotatable bonds is 3. The Morgan fingerprint density at radius 2 is 2.38 bits per heavy atom. The largest absolute Gasteiger partial charge is 0.394 e. The van der Waals surface area contributed by atoms with Crippen molar-refractivity contribution in [3.63, 3.8) is 0 Å². The molecule has 1 aliphatic heterocycles. The van der Waals surface area contributed by atoms with Crippen LogP contribution in [0.5, 0.6) is 0 Å². The van der Waals surface area contributed by atoms with Crippen molar-refractivity contribution in [1.82, 2.24) is 9.55 Å². The quantitative estimate of drug-likeness (QED) is 0.478. The van der Waals surface area contributed by atoms with Gasteiger partial charge in [-0.2, -0.15) is 4.98 Å². The number of hydrogen-bond donors (Lipinski definition) is 4. The molecule has 1 fully saturated rings. The van der Waals surface area contributed by atoms with Crippen LogP contribution in [-0.2, 0) is 4.74 Å². The van der Waals surface area contributed by atoms with Gasteiger partial charge in [0.15, 0.2) is 6.23 Å². The topological polar surface area (TPSA) is 131 Å². The van der Waals surface area contributed by atoms with E-state index in [2.05, 4.69) is 10.9 Å². The molecule has 8 heteroatoms. The zero-order chi connectivity index (χ0) is 15.8. The van der Waals surface area contributed by atoms with Crippen LogP contribution in [0, 0.1) is 18.3 Å². The van der Waals surface area contributed by atoms with Gasteiger partial charge in [0.1, 0.15) is 23.6 Å². The van der Waals surface area contributed by atoms with Crippen molar-refractivity contribution >= 4 is 5.82 Å². The molecular weight excluding hydrogens is 278 g/mol. The van der Waals surface area contributed by atoms with Crippen LogP contribution in [0.25, 0.3) is 0 Å². The molecule has 5 N–H and O–H groups in total. The van der Waals surface area contributed by atoms with Crippen LogP contribution in [0.15, 0.2) is 17.1 Å². The molecule has 1 saturated heterocycles. The van der Waals surface area contributed by atoms with Crippen molar-refractivity contribution in [2.45, 2.75) is 31.0 Å². The van der Waals surface area contributed by atoms with Gasteiger partial charge in [-0.1, -0.05) is 0 Å². The highest BCUT2D eigenvalue weighted by molar-refractivity contribution is 5.24. The summed E-state index contributed by atoms with van der Waals surface area (Å²) in [4.78, 5) is 15.3. The molecule has 0 radical (unpaired) electrons. The van der Waals surface area contributed by atoms with Gasteiger partial charge >= 0.3 is 5.69 Å². The van der Waals surface area contributed by atoms with Gasteiger partial charge in [0.2, 0.25) is 0 Å². The van der Waals surface area contributed by atoms with Crippen molar-refractivity contribution in [3.8, 4) is 12.3 Å². The summed E-state index contributed by atoms with van der Waals surface area (Å²) in [5.74, 6) is 1.54. The Morgan fingerprint density at radius 3 is 2.90 bits per heavy atom. The fraction of sp³-hybridized carbons (Fsp3) is 0.538. The third-order valence-electron chi connectivity index (χ3n) is 3.80. The summed E-state index contributed by atoms with van der Waals surface area (Å²) < 4.78 is 6.40. The van der Waals surface area contributed by atoms with Crippen LogP contribution in [0.3, 0.4) is 0 Å². The van der Waals surface area contributed by atoms with Crippen LogP contribution in [0.1, 0.15) is 13.2 Å². The monoisotopic (exact) mass is 295 g/mol. The van der Waals surface area contributed by atoms with Gasteiger partial charge in [0.05, 0.1) is 12.5 Å². The molecule has 0 bridgehead atoms. The number of nitrogens with two attached hydrogens (primary N) is 1. The molecular formula is C13H17N3O5. The molecule has 5 atom stereocenters. The molecule has 114 valence electrons. The van der Waals surface area contributed by atoms with Crippen LogP contribution in [-0.4, -0.2) is 49.3 Å². The molecule has 21 heavy (non-hydrogen) atoms. The second-order valence-electron chi connectivity index (χ2n) is 4.96. The molecule has 0 aliphatic carbocycles. The number of aromatic nitrogens is 2. The van der Waals surface area contributed by atoms with E-state index in [0.29, 0.717) is 0 Å². The van der Waals surface area contributed by atoms with Gasteiger partial charge in [-0.25, -0.2) is 4.79 Å². The molecule has 0 aromatic carbocycles. The average Bonchev–Trinajstić information content (AvgIpc) is 2.71. The van der Waals surface area contributed by atoms with E-state index in [1.165, 1.54) is 19.2 Å². The van der Waals surface area contributed by atoms with Crippen molar-refractivity contribution in [3.05, 3.63) is 22.7 Å². The van der Waals surface area contributed by atoms with E-state index in [1.807, 2.05) is 0 Å². The third kappa shape index (κ3) is 2.30. The highest BCUT2D eigenvalue weighted by Crippen LogP contribution is 2.41. The predicted molar refractivity (Wildman–Crippen MR) is 72.9 cm³/mol. The highest BCUT2D eigenvalue weighted by Gasteiger charge is 2.58. The molecule has 1 aliphatic rings. The zero-order valence-corrected chi connectivity index (χ0v) is 11.4. The number of nitrogens with zero attached hydrogens (tertiary/aromatic N) is 2. The van der Waals surface area contributed by atoms with Crippen LogP contribution in [0.2, 0.25) is 0 Å². The van der Waals surface area contributed by atoms with Crippen molar-refractivity contribution in [2.75, 3.05) is 12.3 Å². The summed E-state index contributed by atoms with van der Waals surface area (Å²) in [7, 11) is 0. The number of aliphatic hydroxyl groups is 3. The van der Waals surface area contributed by atoms with Crippen molar-refractivity contribution < 1.29 is 20.1 Å². The number of anilines is 1. The Balaban J connectivity index is 2.45. The van der Waals surface area contributed by atoms with Crippen LogP contribution in [0.4, 0.5) is 5.82 Å². The summed E-state index contributed by atoms with van der Waals surface area (Å²) in [6, 6.07) is 1.35. The second-order valence-corrected chi connectivity index (χ2v) is 4.96. The van der Waals surface area contributed by atoms with Gasteiger partial charge in [-0.05, 0) is 13.0 Å². The smallest absolute Gasteiger partial charge is 0.351 e. The Bertz CT molecular complexity index is 625. The molecule has 8 nitrogen and oxygen atoms in total. The number of hydrogen-bond acceptors (Lipinski definition) is 7. The predicted octanol–water partition coefficient (Wildman–Crippen LogP) is -1.92. The SMILES string of the molecule is C#CC(C)[C@@]1(O)[C@@H](CO)O[C@@H](n2ccc(N)nc2=O)[C@@H]1O. The maximum Gasteiger partial charge on any atom is 0.351 e. The number of terminal acetylenes is 1. The minimum absolute atomic E-state index is 0.0229. The highest BCUT2D eigenvalue weighted by atomic mass is 16.6. The van der Waals surface area contributed by atoms with Gasteiger partial charge in [-0.3, -0.25) is 4.57 Å². The van der Waals surface area contributed by atoms with Gasteiger partial charge in [-0.15, -0.1) is 12.3 Å². The minimum Gasteiger partial charge on any atom is -0.394 e. The zero-order valence-electron chi connectivity index (χ0n) is 11.4. The van der Waals surface area contributed by atoms with E-state index in [-0.39, 0.29) is 5.82 Å². The van der Waals surface area contributed by atoms with E-state index >= 15 is 0 Å². The first-order valence-electron chi connectivity index (χ1n) is 6.33. The van der Waals surface area contributed by atoms with E-state index in [9.17, 15) is 20.1 Å². The molecule has 0 spiro atoms. The maximum absolute atomic E-state index is 11.8. The fourth-order valence-electron chi connectivity index (χ4n) is 2.47. The lowest BCUT2D eigenvalue weighted by Crippen LogP contribution is -2.53. The molecule has 1 aromatic rings. The Morgan fingerprint density at radius 1 is 1.71 bits per heavy atom. The van der Waals surface area contributed by atoms with Gasteiger partial charge < -0.3 is 25.8 Å². The lowest BCUT2D eigenvalue weighted by molar-refractivity contribution is -0.112. The first kappa shape index (κ1) is 15.5. The van der Waals surface area contributed by atoms with Crippen LogP contribution >= 0.6 is 0 Å². The standard InChI is InChI=1S/C13H17N3O5/c1-3-7(2)13(20)8(6-17)21-11(10(13)18)16-5-4-9(14)15-12(16)19/h1,4-5,7-8,10-11,17-18,20H,6H2,2H3,(H2,14,15,19)/t7?,8-,10+,11-,13-/m1/s1. The molecule has 2 rings (SSSR count). The van der Waals surface area contributed by atoms with Crippen molar-refractivity contribution in [2.24, 2.45) is 5.92 Å². The van der Waals surface area contributed by atoms with Gasteiger partial charge in [0.25, 0.3) is 0 Å². The van der Waals surface area contributed by atoms with Gasteiger partial charge in [0, 0.05) is 6.20 Å². The molecule has 2 heterocycles. The summed E-state index contributed by atoms with van der Waals surface area (Å²) in [5.41, 5.74) is 2.77. The lowest BCUT2D eigenvalue weighted by atomic mass is 9.81.